The summed E-state index contributed by atoms with van der Waals surface area (Å²) in [7, 11) is 1.62. The first-order valence-electron chi connectivity index (χ1n) is 9.09. The topological polar surface area (TPSA) is 69.7 Å². The average molecular weight is 363 g/mol. The predicted octanol–water partition coefficient (Wildman–Crippen LogP) is 1.40. The zero-order valence-electron chi connectivity index (χ0n) is 15.2. The van der Waals surface area contributed by atoms with Gasteiger partial charge < -0.3 is 10.2 Å². The van der Waals surface area contributed by atoms with Crippen LogP contribution in [0.15, 0.2) is 42.5 Å². The number of amides is 2. The number of carbonyl (C=O) groups is 3. The van der Waals surface area contributed by atoms with E-state index in [0.717, 1.165) is 11.1 Å². The lowest BCUT2D eigenvalue weighted by Gasteiger charge is -2.34. The summed E-state index contributed by atoms with van der Waals surface area (Å²) in [6.45, 7) is 2.81. The van der Waals surface area contributed by atoms with E-state index in [1.54, 1.807) is 24.1 Å². The van der Waals surface area contributed by atoms with Crippen molar-refractivity contribution in [2.24, 2.45) is 0 Å². The molecule has 1 saturated heterocycles. The summed E-state index contributed by atoms with van der Waals surface area (Å²) in [5.74, 6) is -0.113. The van der Waals surface area contributed by atoms with Crippen LogP contribution in [0.2, 0.25) is 0 Å². The third kappa shape index (κ3) is 3.13. The Labute approximate surface area is 157 Å². The molecule has 0 aromatic heterocycles. The summed E-state index contributed by atoms with van der Waals surface area (Å²) in [5.41, 5.74) is 3.65. The molecule has 2 amide bonds. The molecule has 0 radical (unpaired) electrons. The van der Waals surface area contributed by atoms with Gasteiger partial charge in [-0.05, 0) is 23.3 Å². The lowest BCUT2D eigenvalue weighted by atomic mass is 10.0. The number of piperazine rings is 1. The SMILES string of the molecule is CNC(=O)CN1CCN(C(=O)c2ccc3c(c2)C(=O)c2ccccc2-3)CC1. The molecule has 1 aliphatic heterocycles. The molecule has 0 atom stereocenters. The highest BCUT2D eigenvalue weighted by molar-refractivity contribution is 6.22. The molecular weight excluding hydrogens is 342 g/mol. The maximum atomic E-state index is 12.9. The molecule has 6 heteroatoms. The second-order valence-corrected chi connectivity index (χ2v) is 6.88. The molecule has 1 fully saturated rings. The van der Waals surface area contributed by atoms with Crippen LogP contribution in [0.25, 0.3) is 11.1 Å². The van der Waals surface area contributed by atoms with Crippen molar-refractivity contribution < 1.29 is 14.4 Å². The third-order valence-corrected chi connectivity index (χ3v) is 5.28. The number of nitrogens with zero attached hydrogens (tertiary/aromatic N) is 2. The second-order valence-electron chi connectivity index (χ2n) is 6.88. The van der Waals surface area contributed by atoms with Crippen molar-refractivity contribution in [1.82, 2.24) is 15.1 Å². The summed E-state index contributed by atoms with van der Waals surface area (Å²) < 4.78 is 0. The molecule has 0 bridgehead atoms. The van der Waals surface area contributed by atoms with Crippen molar-refractivity contribution in [2.45, 2.75) is 0 Å². The molecule has 6 nitrogen and oxygen atoms in total. The molecule has 1 heterocycles. The molecule has 1 N–H and O–H groups in total. The summed E-state index contributed by atoms with van der Waals surface area (Å²) >= 11 is 0. The summed E-state index contributed by atoms with van der Waals surface area (Å²) in [6.07, 6.45) is 0. The fourth-order valence-electron chi connectivity index (χ4n) is 3.73. The molecule has 138 valence electrons. The van der Waals surface area contributed by atoms with Crippen molar-refractivity contribution >= 4 is 17.6 Å². The molecule has 1 aliphatic carbocycles. The van der Waals surface area contributed by atoms with Crippen molar-refractivity contribution in [3.05, 3.63) is 59.2 Å². The molecule has 27 heavy (non-hydrogen) atoms. The monoisotopic (exact) mass is 363 g/mol. The maximum absolute atomic E-state index is 12.9. The van der Waals surface area contributed by atoms with Gasteiger partial charge in [0.2, 0.25) is 5.91 Å². The molecule has 2 aliphatic rings. The number of nitrogens with one attached hydrogen (secondary N) is 1. The van der Waals surface area contributed by atoms with Gasteiger partial charge in [-0.3, -0.25) is 19.3 Å². The molecular formula is C21H21N3O3. The molecule has 0 saturated carbocycles. The Morgan fingerprint density at radius 3 is 2.30 bits per heavy atom. The number of likely N-dealkylation sites (N-methyl/N-ethyl adjacent to an activating group) is 1. The highest BCUT2D eigenvalue weighted by atomic mass is 16.2. The normalized spacial score (nSPS) is 16.0. The highest BCUT2D eigenvalue weighted by Gasteiger charge is 2.29. The Morgan fingerprint density at radius 1 is 0.926 bits per heavy atom. The van der Waals surface area contributed by atoms with E-state index < -0.39 is 0 Å². The van der Waals surface area contributed by atoms with Gasteiger partial charge in [0.05, 0.1) is 6.54 Å². The van der Waals surface area contributed by atoms with Gasteiger partial charge in [-0.2, -0.15) is 0 Å². The summed E-state index contributed by atoms with van der Waals surface area (Å²) in [5, 5.41) is 2.61. The van der Waals surface area contributed by atoms with Gasteiger partial charge in [0.15, 0.2) is 5.78 Å². The Balaban J connectivity index is 1.49. The molecule has 2 aromatic rings. The Morgan fingerprint density at radius 2 is 1.59 bits per heavy atom. The van der Waals surface area contributed by atoms with Gasteiger partial charge in [0.25, 0.3) is 5.91 Å². The van der Waals surface area contributed by atoms with Crippen LogP contribution < -0.4 is 5.32 Å². The van der Waals surface area contributed by atoms with Crippen molar-refractivity contribution in [3.8, 4) is 11.1 Å². The number of hydrogen-bond acceptors (Lipinski definition) is 4. The van der Waals surface area contributed by atoms with Crippen LogP contribution in [0.4, 0.5) is 0 Å². The van der Waals surface area contributed by atoms with Crippen molar-refractivity contribution in [3.63, 3.8) is 0 Å². The summed E-state index contributed by atoms with van der Waals surface area (Å²) in [6, 6.07) is 12.9. The van der Waals surface area contributed by atoms with Crippen LogP contribution in [0.3, 0.4) is 0 Å². The van der Waals surface area contributed by atoms with E-state index in [0.29, 0.717) is 49.4 Å². The highest BCUT2D eigenvalue weighted by Crippen LogP contribution is 2.36. The van der Waals surface area contributed by atoms with Gasteiger partial charge in [-0.25, -0.2) is 0 Å². The lowest BCUT2D eigenvalue weighted by molar-refractivity contribution is -0.122. The Hall–Kier alpha value is -2.99. The number of carbonyl (C=O) groups excluding carboxylic acids is 3. The van der Waals surface area contributed by atoms with Gasteiger partial charge in [0, 0.05) is 49.9 Å². The maximum Gasteiger partial charge on any atom is 0.253 e. The third-order valence-electron chi connectivity index (χ3n) is 5.28. The first kappa shape index (κ1) is 17.4. The average Bonchev–Trinajstić information content (AvgIpc) is 3.00. The number of rotatable bonds is 3. The van der Waals surface area contributed by atoms with Crippen molar-refractivity contribution in [2.75, 3.05) is 39.8 Å². The van der Waals surface area contributed by atoms with Crippen LogP contribution in [-0.4, -0.2) is 67.2 Å². The van der Waals surface area contributed by atoms with Crippen LogP contribution in [0.5, 0.6) is 0 Å². The first-order valence-corrected chi connectivity index (χ1v) is 9.09. The quantitative estimate of drug-likeness (QED) is 0.764. The minimum atomic E-state index is -0.0684. The smallest absolute Gasteiger partial charge is 0.253 e. The minimum absolute atomic E-state index is 0.0218. The fourth-order valence-corrected chi connectivity index (χ4v) is 3.73. The summed E-state index contributed by atoms with van der Waals surface area (Å²) in [4.78, 5) is 40.8. The Bertz CT molecular complexity index is 930. The van der Waals surface area contributed by atoms with Crippen LogP contribution >= 0.6 is 0 Å². The van der Waals surface area contributed by atoms with E-state index in [1.165, 1.54) is 0 Å². The standard InChI is InChI=1S/C21H21N3O3/c1-22-19(25)13-23-8-10-24(11-9-23)21(27)14-6-7-16-15-4-2-3-5-17(15)20(26)18(16)12-14/h2-7,12H,8-11,13H2,1H3,(H,22,25). The first-order chi connectivity index (χ1) is 13.1. The van der Waals surface area contributed by atoms with Gasteiger partial charge in [-0.15, -0.1) is 0 Å². The number of fused-ring (bicyclic) bond motifs is 3. The Kier molecular flexibility index (Phi) is 4.49. The van der Waals surface area contributed by atoms with E-state index in [1.807, 2.05) is 35.2 Å². The van der Waals surface area contributed by atoms with Crippen LogP contribution in [0.1, 0.15) is 26.3 Å². The minimum Gasteiger partial charge on any atom is -0.358 e. The molecule has 0 unspecified atom stereocenters. The van der Waals surface area contributed by atoms with Gasteiger partial charge in [-0.1, -0.05) is 30.3 Å². The second kappa shape index (κ2) is 6.96. The predicted molar refractivity (Wildman–Crippen MR) is 102 cm³/mol. The fraction of sp³-hybridized carbons (Fsp3) is 0.286. The zero-order chi connectivity index (χ0) is 19.0. The van der Waals surface area contributed by atoms with Crippen molar-refractivity contribution in [1.29, 1.82) is 0 Å². The van der Waals surface area contributed by atoms with Crippen LogP contribution in [-0.2, 0) is 4.79 Å². The van der Waals surface area contributed by atoms with E-state index in [4.69, 9.17) is 0 Å². The number of ketones is 1. The zero-order valence-corrected chi connectivity index (χ0v) is 15.2. The van der Waals surface area contributed by atoms with E-state index in [2.05, 4.69) is 5.32 Å². The largest absolute Gasteiger partial charge is 0.358 e. The van der Waals surface area contributed by atoms with Gasteiger partial charge in [0.1, 0.15) is 0 Å². The van der Waals surface area contributed by atoms with E-state index in [9.17, 15) is 14.4 Å². The number of hydrogen-bond donors (Lipinski definition) is 1. The van der Waals surface area contributed by atoms with Crippen LogP contribution in [0, 0.1) is 0 Å². The molecule has 4 rings (SSSR count). The van der Waals surface area contributed by atoms with Gasteiger partial charge >= 0.3 is 0 Å². The number of benzene rings is 2. The molecule has 0 spiro atoms. The van der Waals surface area contributed by atoms with E-state index >= 15 is 0 Å². The van der Waals surface area contributed by atoms with E-state index in [-0.39, 0.29) is 17.6 Å². The lowest BCUT2D eigenvalue weighted by Crippen LogP contribution is -2.50. The molecule has 2 aromatic carbocycles.